The summed E-state index contributed by atoms with van der Waals surface area (Å²) in [5.74, 6) is 0.0519. The summed E-state index contributed by atoms with van der Waals surface area (Å²) < 4.78 is 6.43. The molecular formula is C19H14Cl2N4O3. The maximum Gasteiger partial charge on any atom is 0.276 e. The first-order chi connectivity index (χ1) is 13.5. The third kappa shape index (κ3) is 3.30. The highest BCUT2D eigenvalue weighted by Crippen LogP contribution is 2.28. The van der Waals surface area contributed by atoms with Crippen molar-refractivity contribution < 1.29 is 9.53 Å². The van der Waals surface area contributed by atoms with Gasteiger partial charge in [-0.2, -0.15) is 0 Å². The number of nitrogens with one attached hydrogen (secondary N) is 2. The molecule has 0 aliphatic heterocycles. The molecule has 7 nitrogen and oxygen atoms in total. The van der Waals surface area contributed by atoms with E-state index in [1.165, 1.54) is 18.0 Å². The van der Waals surface area contributed by atoms with Gasteiger partial charge in [0.1, 0.15) is 12.3 Å². The summed E-state index contributed by atoms with van der Waals surface area (Å²) >= 11 is 12.0. The van der Waals surface area contributed by atoms with Gasteiger partial charge in [0.25, 0.3) is 5.56 Å². The predicted molar refractivity (Wildman–Crippen MR) is 110 cm³/mol. The number of hydrogen-bond acceptors (Lipinski definition) is 4. The molecule has 0 aliphatic carbocycles. The van der Waals surface area contributed by atoms with Gasteiger partial charge in [-0.05, 0) is 36.4 Å². The summed E-state index contributed by atoms with van der Waals surface area (Å²) in [5.41, 5.74) is 1.34. The first kappa shape index (κ1) is 18.3. The van der Waals surface area contributed by atoms with E-state index in [1.54, 1.807) is 36.4 Å². The van der Waals surface area contributed by atoms with E-state index in [0.29, 0.717) is 43.3 Å². The van der Waals surface area contributed by atoms with Crippen molar-refractivity contribution in [3.05, 3.63) is 63.0 Å². The third-order valence-electron chi connectivity index (χ3n) is 4.29. The lowest BCUT2D eigenvalue weighted by Crippen LogP contribution is -2.26. The minimum absolute atomic E-state index is 0.217. The van der Waals surface area contributed by atoms with E-state index in [-0.39, 0.29) is 12.1 Å². The van der Waals surface area contributed by atoms with Crippen molar-refractivity contribution in [3.63, 3.8) is 0 Å². The Labute approximate surface area is 168 Å². The Morgan fingerprint density at radius 1 is 1.18 bits per heavy atom. The van der Waals surface area contributed by atoms with Crippen LogP contribution in [0.15, 0.2) is 47.4 Å². The number of methoxy groups -OCH3 is 1. The fourth-order valence-electron chi connectivity index (χ4n) is 3.00. The lowest BCUT2D eigenvalue weighted by molar-refractivity contribution is -0.116. The lowest BCUT2D eigenvalue weighted by Gasteiger charge is -2.10. The van der Waals surface area contributed by atoms with Gasteiger partial charge in [-0.15, -0.1) is 0 Å². The molecule has 142 valence electrons. The average Bonchev–Trinajstić information content (AvgIpc) is 2.98. The molecule has 9 heteroatoms. The fraction of sp³-hybridized carbons (Fsp3) is 0.105. The molecule has 0 spiro atoms. The number of carbonyl (C=O) groups is 1. The highest BCUT2D eigenvalue weighted by atomic mass is 35.5. The number of amides is 1. The average molecular weight is 417 g/mol. The van der Waals surface area contributed by atoms with Crippen LogP contribution >= 0.6 is 23.2 Å². The van der Waals surface area contributed by atoms with Crippen molar-refractivity contribution in [1.82, 2.24) is 14.8 Å². The van der Waals surface area contributed by atoms with Crippen LogP contribution in [0.2, 0.25) is 10.0 Å². The molecule has 4 rings (SSSR count). The van der Waals surface area contributed by atoms with Crippen LogP contribution in [-0.2, 0) is 11.3 Å². The molecule has 0 radical (unpaired) electrons. The quantitative estimate of drug-likeness (QED) is 0.528. The minimum atomic E-state index is -0.412. The van der Waals surface area contributed by atoms with E-state index in [4.69, 9.17) is 27.9 Å². The fourth-order valence-corrected chi connectivity index (χ4v) is 3.35. The first-order valence-electron chi connectivity index (χ1n) is 8.26. The normalized spacial score (nSPS) is 11.1. The molecule has 1 amide bonds. The van der Waals surface area contributed by atoms with Crippen molar-refractivity contribution >= 4 is 56.6 Å². The van der Waals surface area contributed by atoms with E-state index < -0.39 is 5.91 Å². The first-order valence-corrected chi connectivity index (χ1v) is 9.02. The zero-order chi connectivity index (χ0) is 19.8. The van der Waals surface area contributed by atoms with Crippen LogP contribution in [0.1, 0.15) is 0 Å². The molecule has 28 heavy (non-hydrogen) atoms. The molecule has 0 saturated heterocycles. The Hall–Kier alpha value is -3.03. The molecule has 0 saturated carbocycles. The van der Waals surface area contributed by atoms with Gasteiger partial charge >= 0.3 is 0 Å². The van der Waals surface area contributed by atoms with Crippen molar-refractivity contribution in [3.8, 4) is 5.75 Å². The van der Waals surface area contributed by atoms with Crippen LogP contribution in [0.3, 0.4) is 0 Å². The van der Waals surface area contributed by atoms with Gasteiger partial charge in [-0.3, -0.25) is 19.7 Å². The molecule has 2 heterocycles. The van der Waals surface area contributed by atoms with E-state index >= 15 is 0 Å². The van der Waals surface area contributed by atoms with E-state index in [2.05, 4.69) is 15.4 Å². The number of fused-ring (bicyclic) bond motifs is 3. The van der Waals surface area contributed by atoms with Crippen LogP contribution in [0.5, 0.6) is 5.75 Å². The van der Waals surface area contributed by atoms with E-state index in [1.807, 2.05) is 0 Å². The molecule has 4 aromatic rings. The van der Waals surface area contributed by atoms with Crippen molar-refractivity contribution in [2.75, 3.05) is 12.4 Å². The van der Waals surface area contributed by atoms with Gasteiger partial charge in [0, 0.05) is 21.6 Å². The second-order valence-electron chi connectivity index (χ2n) is 6.10. The number of anilines is 1. The minimum Gasteiger partial charge on any atom is -0.495 e. The summed E-state index contributed by atoms with van der Waals surface area (Å²) in [6, 6.07) is 10.1. The summed E-state index contributed by atoms with van der Waals surface area (Å²) in [6.45, 7) is -0.217. The Balaban J connectivity index is 1.68. The Kier molecular flexibility index (Phi) is 4.70. The Morgan fingerprint density at radius 3 is 2.71 bits per heavy atom. The highest BCUT2D eigenvalue weighted by molar-refractivity contribution is 6.31. The van der Waals surface area contributed by atoms with Gasteiger partial charge in [0.15, 0.2) is 0 Å². The number of benzene rings is 2. The molecule has 0 bridgehead atoms. The Morgan fingerprint density at radius 2 is 1.93 bits per heavy atom. The molecule has 2 aromatic carbocycles. The SMILES string of the molecule is COc1ccc(Cl)cc1NC(=O)Cn1[nH]c2c(cnc3ccc(Cl)cc32)c1=O. The zero-order valence-electron chi connectivity index (χ0n) is 14.6. The van der Waals surface area contributed by atoms with Crippen LogP contribution in [0, 0.1) is 0 Å². The van der Waals surface area contributed by atoms with Gasteiger partial charge in [-0.1, -0.05) is 23.2 Å². The van der Waals surface area contributed by atoms with E-state index in [9.17, 15) is 9.59 Å². The van der Waals surface area contributed by atoms with Crippen LogP contribution in [0.4, 0.5) is 5.69 Å². The number of hydrogen-bond donors (Lipinski definition) is 2. The number of rotatable bonds is 4. The third-order valence-corrected chi connectivity index (χ3v) is 4.76. The van der Waals surface area contributed by atoms with Gasteiger partial charge in [0.05, 0.1) is 29.2 Å². The van der Waals surface area contributed by atoms with Crippen LogP contribution < -0.4 is 15.6 Å². The standard InChI is InChI=1S/C19H14Cl2N4O3/c1-28-16-5-3-11(21)7-15(16)23-17(26)9-25-19(27)13-8-22-14-4-2-10(20)6-12(14)18(13)24-25/h2-8,24H,9H2,1H3,(H,23,26). The Bertz CT molecular complexity index is 1280. The summed E-state index contributed by atoms with van der Waals surface area (Å²) in [7, 11) is 1.49. The zero-order valence-corrected chi connectivity index (χ0v) is 16.1. The number of halogens is 2. The number of ether oxygens (including phenoxy) is 1. The number of aromatic nitrogens is 3. The molecular weight excluding hydrogens is 403 g/mol. The van der Waals surface area contributed by atoms with Crippen LogP contribution in [-0.4, -0.2) is 27.8 Å². The highest BCUT2D eigenvalue weighted by Gasteiger charge is 2.15. The molecule has 2 aromatic heterocycles. The number of carbonyl (C=O) groups excluding carboxylic acids is 1. The van der Waals surface area contributed by atoms with E-state index in [0.717, 1.165) is 0 Å². The van der Waals surface area contributed by atoms with Crippen molar-refractivity contribution in [2.24, 2.45) is 0 Å². The largest absolute Gasteiger partial charge is 0.495 e. The molecule has 0 atom stereocenters. The molecule has 0 fully saturated rings. The monoisotopic (exact) mass is 416 g/mol. The van der Waals surface area contributed by atoms with Gasteiger partial charge in [0.2, 0.25) is 5.91 Å². The summed E-state index contributed by atoms with van der Waals surface area (Å²) in [6.07, 6.45) is 1.48. The summed E-state index contributed by atoms with van der Waals surface area (Å²) in [4.78, 5) is 29.4. The lowest BCUT2D eigenvalue weighted by atomic mass is 10.2. The number of nitrogens with zero attached hydrogens (tertiary/aromatic N) is 2. The number of pyridine rings is 1. The smallest absolute Gasteiger partial charge is 0.276 e. The molecule has 0 aliphatic rings. The number of aromatic amines is 1. The van der Waals surface area contributed by atoms with Gasteiger partial charge in [-0.25, -0.2) is 4.68 Å². The topological polar surface area (TPSA) is 89.0 Å². The number of H-pyrrole nitrogens is 1. The molecule has 0 unspecified atom stereocenters. The second kappa shape index (κ2) is 7.18. The predicted octanol–water partition coefficient (Wildman–Crippen LogP) is 3.83. The van der Waals surface area contributed by atoms with Crippen molar-refractivity contribution in [1.29, 1.82) is 0 Å². The van der Waals surface area contributed by atoms with Gasteiger partial charge < -0.3 is 10.1 Å². The maximum atomic E-state index is 12.7. The second-order valence-corrected chi connectivity index (χ2v) is 6.98. The van der Waals surface area contributed by atoms with Crippen LogP contribution in [0.25, 0.3) is 21.8 Å². The van der Waals surface area contributed by atoms with Crippen molar-refractivity contribution in [2.45, 2.75) is 6.54 Å². The summed E-state index contributed by atoms with van der Waals surface area (Å²) in [5, 5.41) is 7.75. The maximum absolute atomic E-state index is 12.7. The molecule has 2 N–H and O–H groups in total.